The van der Waals surface area contributed by atoms with Crippen LogP contribution in [-0.4, -0.2) is 66.6 Å². The zero-order valence-electron chi connectivity index (χ0n) is 17.8. The zero-order valence-corrected chi connectivity index (χ0v) is 17.8. The number of rotatable bonds is 6. The van der Waals surface area contributed by atoms with Crippen LogP contribution in [0.25, 0.3) is 0 Å². The Labute approximate surface area is 175 Å². The number of ether oxygens (including phenoxy) is 5. The summed E-state index contributed by atoms with van der Waals surface area (Å²) in [6.07, 6.45) is -2.95. The Morgan fingerprint density at radius 3 is 2.63 bits per heavy atom. The smallest absolute Gasteiger partial charge is 0.329 e. The van der Waals surface area contributed by atoms with Gasteiger partial charge in [-0.1, -0.05) is 6.07 Å². The van der Waals surface area contributed by atoms with Gasteiger partial charge in [-0.2, -0.15) is 0 Å². The molecular weight excluding hydrogens is 394 g/mol. The zero-order chi connectivity index (χ0) is 22.1. The number of hydrogen-bond acceptors (Lipinski definition) is 7. The number of benzene rings is 1. The summed E-state index contributed by atoms with van der Waals surface area (Å²) in [5.74, 6) is -1.80. The summed E-state index contributed by atoms with van der Waals surface area (Å²) < 4.78 is 29.5. The lowest BCUT2D eigenvalue weighted by Gasteiger charge is -2.50. The fourth-order valence-electron chi connectivity index (χ4n) is 3.60. The molecule has 0 bridgehead atoms. The van der Waals surface area contributed by atoms with Crippen molar-refractivity contribution in [2.24, 2.45) is 0 Å². The van der Waals surface area contributed by atoms with Gasteiger partial charge in [0.1, 0.15) is 36.7 Å². The quantitative estimate of drug-likeness (QED) is 0.709. The predicted octanol–water partition coefficient (Wildman–Crippen LogP) is 1.53. The highest BCUT2D eigenvalue weighted by Crippen LogP contribution is 2.35. The Morgan fingerprint density at radius 2 is 2.00 bits per heavy atom. The second-order valence-corrected chi connectivity index (χ2v) is 8.10. The summed E-state index contributed by atoms with van der Waals surface area (Å²) in [5, 5.41) is 11.9. The van der Waals surface area contributed by atoms with E-state index in [2.05, 4.69) is 5.32 Å². The fraction of sp³-hybridized carbons (Fsp3) is 0.619. The number of hydrogen-bond donors (Lipinski definition) is 2. The van der Waals surface area contributed by atoms with Gasteiger partial charge in [0.05, 0.1) is 6.61 Å². The van der Waals surface area contributed by atoms with E-state index in [4.69, 9.17) is 28.8 Å². The van der Waals surface area contributed by atoms with Crippen molar-refractivity contribution < 1.29 is 38.4 Å². The number of fused-ring (bicyclic) bond motifs is 1. The first-order valence-electron chi connectivity index (χ1n) is 9.87. The number of carboxylic acids is 1. The van der Waals surface area contributed by atoms with Gasteiger partial charge in [0.2, 0.25) is 12.2 Å². The molecule has 166 valence electrons. The molecule has 2 aliphatic rings. The summed E-state index contributed by atoms with van der Waals surface area (Å²) in [6.45, 7) is 8.49. The minimum absolute atomic E-state index is 0.212. The van der Waals surface area contributed by atoms with E-state index in [0.717, 1.165) is 11.1 Å². The molecule has 5 atom stereocenters. The van der Waals surface area contributed by atoms with E-state index in [1.54, 1.807) is 13.8 Å². The van der Waals surface area contributed by atoms with E-state index in [1.807, 2.05) is 32.0 Å². The molecule has 0 saturated carbocycles. The van der Waals surface area contributed by atoms with Gasteiger partial charge in [0.15, 0.2) is 5.79 Å². The van der Waals surface area contributed by atoms with Gasteiger partial charge in [0.25, 0.3) is 0 Å². The van der Waals surface area contributed by atoms with Crippen molar-refractivity contribution in [2.45, 2.75) is 71.0 Å². The van der Waals surface area contributed by atoms with Gasteiger partial charge < -0.3 is 34.1 Å². The van der Waals surface area contributed by atoms with Crippen LogP contribution in [0.1, 0.15) is 31.9 Å². The number of nitrogens with one attached hydrogen (secondary N) is 1. The van der Waals surface area contributed by atoms with Crippen LogP contribution < -0.4 is 10.1 Å². The summed E-state index contributed by atoms with van der Waals surface area (Å²) in [6, 6.07) is 4.82. The van der Waals surface area contributed by atoms with Crippen LogP contribution in [0, 0.1) is 13.8 Å². The first-order valence-corrected chi connectivity index (χ1v) is 9.87. The van der Waals surface area contributed by atoms with E-state index < -0.39 is 49.0 Å². The van der Waals surface area contributed by atoms with Crippen molar-refractivity contribution >= 4 is 11.9 Å². The second-order valence-electron chi connectivity index (χ2n) is 8.10. The number of carbonyl (C=O) groups is 2. The second kappa shape index (κ2) is 8.89. The van der Waals surface area contributed by atoms with E-state index in [1.165, 1.54) is 6.92 Å². The molecule has 1 amide bonds. The minimum Gasteiger partial charge on any atom is -0.480 e. The Hall–Kier alpha value is -2.20. The molecule has 0 aliphatic carbocycles. The molecule has 2 saturated heterocycles. The molecule has 1 aromatic carbocycles. The highest BCUT2D eigenvalue weighted by Gasteiger charge is 2.53. The third-order valence-corrected chi connectivity index (χ3v) is 5.16. The van der Waals surface area contributed by atoms with E-state index in [9.17, 15) is 9.59 Å². The molecule has 0 aromatic heterocycles. The van der Waals surface area contributed by atoms with E-state index >= 15 is 0 Å². The first kappa shape index (κ1) is 22.5. The molecule has 2 aliphatic heterocycles. The molecule has 0 radical (unpaired) electrons. The SMILES string of the molecule is CC(=O)NC1C(Oc2ccc(C)c(C)c2)OC2COC(C)(C)OC2C1OCC(=O)O. The van der Waals surface area contributed by atoms with Crippen LogP contribution in [0.15, 0.2) is 18.2 Å². The number of carboxylic acid groups (broad SMARTS) is 1. The highest BCUT2D eigenvalue weighted by molar-refractivity contribution is 5.73. The number of aryl methyl sites for hydroxylation is 2. The summed E-state index contributed by atoms with van der Waals surface area (Å²) in [7, 11) is 0. The van der Waals surface area contributed by atoms with Crippen LogP contribution in [0.5, 0.6) is 5.75 Å². The van der Waals surface area contributed by atoms with Crippen molar-refractivity contribution in [1.29, 1.82) is 0 Å². The van der Waals surface area contributed by atoms with E-state index in [-0.39, 0.29) is 12.5 Å². The van der Waals surface area contributed by atoms with E-state index in [0.29, 0.717) is 5.75 Å². The van der Waals surface area contributed by atoms with Crippen LogP contribution in [-0.2, 0) is 28.5 Å². The van der Waals surface area contributed by atoms with Gasteiger partial charge in [-0.3, -0.25) is 4.79 Å². The lowest BCUT2D eigenvalue weighted by atomic mass is 9.95. The molecular formula is C21H29NO8. The molecule has 9 nitrogen and oxygen atoms in total. The number of carbonyl (C=O) groups excluding carboxylic acids is 1. The normalized spacial score (nSPS) is 30.2. The van der Waals surface area contributed by atoms with Crippen molar-refractivity contribution in [3.8, 4) is 5.75 Å². The van der Waals surface area contributed by atoms with Gasteiger partial charge in [-0.25, -0.2) is 4.79 Å². The molecule has 9 heteroatoms. The van der Waals surface area contributed by atoms with Crippen LogP contribution >= 0.6 is 0 Å². The van der Waals surface area contributed by atoms with Crippen molar-refractivity contribution in [3.05, 3.63) is 29.3 Å². The Kier molecular flexibility index (Phi) is 6.66. The lowest BCUT2D eigenvalue weighted by molar-refractivity contribution is -0.364. The van der Waals surface area contributed by atoms with Gasteiger partial charge in [0, 0.05) is 6.92 Å². The van der Waals surface area contributed by atoms with Crippen LogP contribution in [0.3, 0.4) is 0 Å². The Bertz CT molecular complexity index is 795. The third-order valence-electron chi connectivity index (χ3n) is 5.16. The number of amides is 1. The Morgan fingerprint density at radius 1 is 1.27 bits per heavy atom. The lowest BCUT2D eigenvalue weighted by Crippen LogP contribution is -2.69. The largest absolute Gasteiger partial charge is 0.480 e. The average Bonchev–Trinajstić information content (AvgIpc) is 2.64. The topological polar surface area (TPSA) is 113 Å². The third kappa shape index (κ3) is 5.28. The number of aliphatic carboxylic acids is 1. The average molecular weight is 423 g/mol. The molecule has 0 spiro atoms. The summed E-state index contributed by atoms with van der Waals surface area (Å²) in [4.78, 5) is 23.1. The maximum Gasteiger partial charge on any atom is 0.329 e. The molecule has 3 rings (SSSR count). The predicted molar refractivity (Wildman–Crippen MR) is 105 cm³/mol. The van der Waals surface area contributed by atoms with Crippen molar-refractivity contribution in [2.75, 3.05) is 13.2 Å². The maximum absolute atomic E-state index is 11.9. The summed E-state index contributed by atoms with van der Waals surface area (Å²) in [5.41, 5.74) is 2.16. The van der Waals surface area contributed by atoms with Gasteiger partial charge >= 0.3 is 5.97 Å². The first-order chi connectivity index (χ1) is 14.1. The maximum atomic E-state index is 11.9. The standard InChI is InChI=1S/C21H29NO8/c1-11-6-7-14(8-12(11)2)28-20-17(22-13(3)23)19(26-10-16(24)25)18-15(29-20)9-27-21(4,5)30-18/h6-8,15,17-20H,9-10H2,1-5H3,(H,22,23)(H,24,25). The Balaban J connectivity index is 1.91. The van der Waals surface area contributed by atoms with Gasteiger partial charge in [-0.05, 0) is 51.0 Å². The molecule has 2 fully saturated rings. The minimum atomic E-state index is -1.13. The van der Waals surface area contributed by atoms with Crippen molar-refractivity contribution in [3.63, 3.8) is 0 Å². The van der Waals surface area contributed by atoms with Gasteiger partial charge in [-0.15, -0.1) is 0 Å². The summed E-state index contributed by atoms with van der Waals surface area (Å²) >= 11 is 0. The molecule has 2 heterocycles. The molecule has 1 aromatic rings. The molecule has 5 unspecified atom stereocenters. The van der Waals surface area contributed by atoms with Crippen molar-refractivity contribution in [1.82, 2.24) is 5.32 Å². The molecule has 2 N–H and O–H groups in total. The van der Waals surface area contributed by atoms with Crippen LogP contribution in [0.4, 0.5) is 0 Å². The van der Waals surface area contributed by atoms with Crippen LogP contribution in [0.2, 0.25) is 0 Å². The monoisotopic (exact) mass is 423 g/mol. The molecule has 30 heavy (non-hydrogen) atoms. The fourth-order valence-corrected chi connectivity index (χ4v) is 3.60. The highest BCUT2D eigenvalue weighted by atomic mass is 16.8.